The van der Waals surface area contributed by atoms with E-state index in [2.05, 4.69) is 4.99 Å². The molecular formula is C16H16FN3O. The quantitative estimate of drug-likeness (QED) is 0.943. The van der Waals surface area contributed by atoms with Crippen molar-refractivity contribution in [2.24, 2.45) is 10.7 Å². The summed E-state index contributed by atoms with van der Waals surface area (Å²) in [6.45, 7) is 0.506. The van der Waals surface area contributed by atoms with Gasteiger partial charge in [0.15, 0.2) is 17.5 Å². The first-order chi connectivity index (χ1) is 10.2. The standard InChI is InChI=1S/C16H16FN3O/c1-21-15-8-7-11(9-13(15)17)14-10-19-16(18)20(14)12-5-3-2-4-6-12/h2-9,14H,10H2,1H3,(H2,18,19). The third-order valence-corrected chi connectivity index (χ3v) is 3.58. The second-order valence-electron chi connectivity index (χ2n) is 4.81. The van der Waals surface area contributed by atoms with Crippen LogP contribution in [0.2, 0.25) is 0 Å². The highest BCUT2D eigenvalue weighted by atomic mass is 19.1. The second-order valence-corrected chi connectivity index (χ2v) is 4.81. The average Bonchev–Trinajstić information content (AvgIpc) is 2.90. The van der Waals surface area contributed by atoms with E-state index in [1.807, 2.05) is 41.3 Å². The lowest BCUT2D eigenvalue weighted by molar-refractivity contribution is 0.386. The molecule has 21 heavy (non-hydrogen) atoms. The molecule has 2 aromatic rings. The number of aliphatic imine (C=N–C) groups is 1. The minimum Gasteiger partial charge on any atom is -0.494 e. The van der Waals surface area contributed by atoms with Gasteiger partial charge in [0.05, 0.1) is 19.7 Å². The van der Waals surface area contributed by atoms with E-state index >= 15 is 0 Å². The third kappa shape index (κ3) is 2.42. The highest BCUT2D eigenvalue weighted by Crippen LogP contribution is 2.32. The molecule has 0 saturated carbocycles. The Kier molecular flexibility index (Phi) is 3.48. The summed E-state index contributed by atoms with van der Waals surface area (Å²) in [5.41, 5.74) is 7.75. The minimum atomic E-state index is -0.381. The maximum absolute atomic E-state index is 13.9. The molecule has 0 bridgehead atoms. The van der Waals surface area contributed by atoms with Gasteiger partial charge in [-0.25, -0.2) is 4.39 Å². The molecule has 0 aliphatic carbocycles. The summed E-state index contributed by atoms with van der Waals surface area (Å²) in [6.07, 6.45) is 0. The van der Waals surface area contributed by atoms with Crippen molar-refractivity contribution >= 4 is 11.6 Å². The van der Waals surface area contributed by atoms with Crippen molar-refractivity contribution in [2.75, 3.05) is 18.6 Å². The fraction of sp³-hybridized carbons (Fsp3) is 0.188. The lowest BCUT2D eigenvalue weighted by Crippen LogP contribution is -2.36. The predicted octanol–water partition coefficient (Wildman–Crippen LogP) is 2.71. The number of halogens is 1. The molecule has 0 fully saturated rings. The molecule has 0 saturated heterocycles. The molecule has 3 rings (SSSR count). The zero-order valence-corrected chi connectivity index (χ0v) is 11.7. The maximum atomic E-state index is 13.9. The van der Waals surface area contributed by atoms with Gasteiger partial charge in [-0.05, 0) is 29.8 Å². The second kappa shape index (κ2) is 5.44. The molecule has 2 N–H and O–H groups in total. The molecule has 1 heterocycles. The van der Waals surface area contributed by atoms with Crippen LogP contribution in [-0.2, 0) is 0 Å². The molecule has 1 aliphatic heterocycles. The van der Waals surface area contributed by atoms with Gasteiger partial charge in [0.1, 0.15) is 0 Å². The Morgan fingerprint density at radius 3 is 2.67 bits per heavy atom. The summed E-state index contributed by atoms with van der Waals surface area (Å²) < 4.78 is 18.9. The lowest BCUT2D eigenvalue weighted by Gasteiger charge is -2.26. The van der Waals surface area contributed by atoms with Crippen LogP contribution in [0.15, 0.2) is 53.5 Å². The van der Waals surface area contributed by atoms with Gasteiger partial charge in [-0.15, -0.1) is 0 Å². The number of methoxy groups -OCH3 is 1. The van der Waals surface area contributed by atoms with Gasteiger partial charge in [-0.2, -0.15) is 0 Å². The molecular weight excluding hydrogens is 269 g/mol. The van der Waals surface area contributed by atoms with Gasteiger partial charge in [-0.3, -0.25) is 4.99 Å². The van der Waals surface area contributed by atoms with E-state index in [4.69, 9.17) is 10.5 Å². The van der Waals surface area contributed by atoms with Crippen molar-refractivity contribution in [1.82, 2.24) is 0 Å². The van der Waals surface area contributed by atoms with E-state index in [1.54, 1.807) is 6.07 Å². The summed E-state index contributed by atoms with van der Waals surface area (Å²) in [5, 5.41) is 0. The van der Waals surface area contributed by atoms with E-state index in [0.717, 1.165) is 11.3 Å². The van der Waals surface area contributed by atoms with E-state index < -0.39 is 0 Å². The van der Waals surface area contributed by atoms with Crippen LogP contribution in [0.3, 0.4) is 0 Å². The predicted molar refractivity (Wildman–Crippen MR) is 81.1 cm³/mol. The number of nitrogens with zero attached hydrogens (tertiary/aromatic N) is 2. The first-order valence-corrected chi connectivity index (χ1v) is 6.68. The number of nitrogens with two attached hydrogens (primary N) is 1. The Balaban J connectivity index is 1.97. The largest absolute Gasteiger partial charge is 0.494 e. The highest BCUT2D eigenvalue weighted by Gasteiger charge is 2.29. The monoisotopic (exact) mass is 285 g/mol. The molecule has 0 radical (unpaired) electrons. The van der Waals surface area contributed by atoms with E-state index in [0.29, 0.717) is 12.5 Å². The Morgan fingerprint density at radius 1 is 1.24 bits per heavy atom. The van der Waals surface area contributed by atoms with Crippen molar-refractivity contribution < 1.29 is 9.13 Å². The van der Waals surface area contributed by atoms with E-state index in [1.165, 1.54) is 13.2 Å². The molecule has 2 aromatic carbocycles. The lowest BCUT2D eigenvalue weighted by atomic mass is 10.1. The topological polar surface area (TPSA) is 50.9 Å². The van der Waals surface area contributed by atoms with Gasteiger partial charge in [0, 0.05) is 5.69 Å². The maximum Gasteiger partial charge on any atom is 0.196 e. The summed E-state index contributed by atoms with van der Waals surface area (Å²) >= 11 is 0. The first-order valence-electron chi connectivity index (χ1n) is 6.68. The molecule has 4 nitrogen and oxygen atoms in total. The number of hydrogen-bond acceptors (Lipinski definition) is 4. The smallest absolute Gasteiger partial charge is 0.196 e. The summed E-state index contributed by atoms with van der Waals surface area (Å²) in [6, 6.07) is 14.6. The number of hydrogen-bond donors (Lipinski definition) is 1. The number of anilines is 1. The number of ether oxygens (including phenoxy) is 1. The molecule has 5 heteroatoms. The summed E-state index contributed by atoms with van der Waals surface area (Å²) in [4.78, 5) is 6.21. The fourth-order valence-corrected chi connectivity index (χ4v) is 2.54. The number of guanidine groups is 1. The van der Waals surface area contributed by atoms with Gasteiger partial charge in [0.25, 0.3) is 0 Å². The minimum absolute atomic E-state index is 0.104. The Hall–Kier alpha value is -2.56. The van der Waals surface area contributed by atoms with Gasteiger partial charge >= 0.3 is 0 Å². The molecule has 1 unspecified atom stereocenters. The van der Waals surface area contributed by atoms with E-state index in [9.17, 15) is 4.39 Å². The number of para-hydroxylation sites is 1. The van der Waals surface area contributed by atoms with Gasteiger partial charge in [0.2, 0.25) is 0 Å². The highest BCUT2D eigenvalue weighted by molar-refractivity contribution is 5.97. The van der Waals surface area contributed by atoms with Gasteiger partial charge in [-0.1, -0.05) is 24.3 Å². The van der Waals surface area contributed by atoms with Crippen molar-refractivity contribution in [2.45, 2.75) is 6.04 Å². The van der Waals surface area contributed by atoms with Crippen molar-refractivity contribution in [3.05, 3.63) is 59.9 Å². The Labute approximate surface area is 122 Å². The Bertz CT molecular complexity index is 672. The first kappa shape index (κ1) is 13.4. The molecule has 1 atom stereocenters. The van der Waals surface area contributed by atoms with Crippen LogP contribution in [0.1, 0.15) is 11.6 Å². The summed E-state index contributed by atoms with van der Waals surface area (Å²) in [7, 11) is 1.45. The van der Waals surface area contributed by atoms with Crippen LogP contribution < -0.4 is 15.4 Å². The van der Waals surface area contributed by atoms with Crippen molar-refractivity contribution in [3.8, 4) is 5.75 Å². The fourth-order valence-electron chi connectivity index (χ4n) is 2.54. The van der Waals surface area contributed by atoms with Crippen molar-refractivity contribution in [1.29, 1.82) is 0 Å². The summed E-state index contributed by atoms with van der Waals surface area (Å²) in [5.74, 6) is 0.299. The molecule has 108 valence electrons. The average molecular weight is 285 g/mol. The Morgan fingerprint density at radius 2 is 2.00 bits per heavy atom. The number of benzene rings is 2. The van der Waals surface area contributed by atoms with Crippen LogP contribution in [0.5, 0.6) is 5.75 Å². The third-order valence-electron chi connectivity index (χ3n) is 3.58. The number of rotatable bonds is 3. The van der Waals surface area contributed by atoms with Crippen LogP contribution in [-0.4, -0.2) is 19.6 Å². The van der Waals surface area contributed by atoms with E-state index in [-0.39, 0.29) is 17.6 Å². The van der Waals surface area contributed by atoms with Gasteiger partial charge < -0.3 is 15.4 Å². The molecule has 0 aromatic heterocycles. The molecule has 0 spiro atoms. The molecule has 0 amide bonds. The normalized spacial score (nSPS) is 17.7. The van der Waals surface area contributed by atoms with Crippen LogP contribution >= 0.6 is 0 Å². The zero-order valence-electron chi connectivity index (χ0n) is 11.7. The van der Waals surface area contributed by atoms with Crippen molar-refractivity contribution in [3.63, 3.8) is 0 Å². The van der Waals surface area contributed by atoms with Crippen LogP contribution in [0, 0.1) is 5.82 Å². The molecule has 1 aliphatic rings. The van der Waals surface area contributed by atoms with Crippen LogP contribution in [0.25, 0.3) is 0 Å². The SMILES string of the molecule is COc1ccc(C2CN=C(N)N2c2ccccc2)cc1F. The van der Waals surface area contributed by atoms with Crippen LogP contribution in [0.4, 0.5) is 10.1 Å². The zero-order chi connectivity index (χ0) is 14.8.